The van der Waals surface area contributed by atoms with Crippen molar-refractivity contribution in [2.24, 2.45) is 5.92 Å². The quantitative estimate of drug-likeness (QED) is 0.893. The van der Waals surface area contributed by atoms with Gasteiger partial charge in [-0.05, 0) is 54.7 Å². The van der Waals surface area contributed by atoms with Gasteiger partial charge in [0.15, 0.2) is 0 Å². The highest BCUT2D eigenvalue weighted by molar-refractivity contribution is 6.30. The molecule has 1 fully saturated rings. The van der Waals surface area contributed by atoms with E-state index in [0.717, 1.165) is 17.5 Å². The van der Waals surface area contributed by atoms with Crippen LogP contribution in [0, 0.1) is 12.8 Å². The molecule has 0 radical (unpaired) electrons. The van der Waals surface area contributed by atoms with Crippen LogP contribution >= 0.6 is 11.6 Å². The molecule has 1 N–H and O–H groups in total. The Hall–Kier alpha value is -2.40. The van der Waals surface area contributed by atoms with Gasteiger partial charge in [-0.15, -0.1) is 0 Å². The first-order valence-electron chi connectivity index (χ1n) is 8.17. The van der Waals surface area contributed by atoms with Crippen LogP contribution in [0.2, 0.25) is 5.02 Å². The van der Waals surface area contributed by atoms with Gasteiger partial charge in [-0.2, -0.15) is 0 Å². The van der Waals surface area contributed by atoms with E-state index >= 15 is 0 Å². The molecule has 1 aromatic heterocycles. The molecule has 1 heterocycles. The second-order valence-corrected chi connectivity index (χ2v) is 6.90. The number of hydrogen-bond acceptors (Lipinski definition) is 3. The lowest BCUT2D eigenvalue weighted by molar-refractivity contribution is -0.134. The fourth-order valence-electron chi connectivity index (χ4n) is 2.94. The SMILES string of the molecule is Cc1ccnc(NC(=O)CN(C)C(=O)C2CC2c2cccc(Cl)c2)c1. The number of benzene rings is 1. The van der Waals surface area contributed by atoms with Crippen molar-refractivity contribution < 1.29 is 9.59 Å². The predicted octanol–water partition coefficient (Wildman–Crippen LogP) is 3.24. The number of aromatic nitrogens is 1. The fourth-order valence-corrected chi connectivity index (χ4v) is 3.14. The van der Waals surface area contributed by atoms with Crippen LogP contribution in [-0.4, -0.2) is 35.3 Å². The number of aryl methyl sites for hydroxylation is 1. The number of likely N-dealkylation sites (N-methyl/N-ethyl adjacent to an activating group) is 1. The highest BCUT2D eigenvalue weighted by atomic mass is 35.5. The molecule has 2 unspecified atom stereocenters. The molecule has 2 atom stereocenters. The molecule has 0 aliphatic heterocycles. The Morgan fingerprint density at radius 3 is 2.84 bits per heavy atom. The zero-order valence-corrected chi connectivity index (χ0v) is 15.0. The lowest BCUT2D eigenvalue weighted by atomic mass is 10.1. The van der Waals surface area contributed by atoms with E-state index in [1.54, 1.807) is 19.3 Å². The molecule has 1 aliphatic rings. The first-order valence-corrected chi connectivity index (χ1v) is 8.55. The molecule has 25 heavy (non-hydrogen) atoms. The average Bonchev–Trinajstić information content (AvgIpc) is 3.34. The summed E-state index contributed by atoms with van der Waals surface area (Å²) in [4.78, 5) is 30.2. The molecule has 0 saturated heterocycles. The van der Waals surface area contributed by atoms with Crippen molar-refractivity contribution in [2.45, 2.75) is 19.3 Å². The van der Waals surface area contributed by atoms with Crippen LogP contribution in [0.3, 0.4) is 0 Å². The van der Waals surface area contributed by atoms with E-state index in [1.807, 2.05) is 37.3 Å². The molecule has 5 nitrogen and oxygen atoms in total. The van der Waals surface area contributed by atoms with E-state index < -0.39 is 0 Å². The van der Waals surface area contributed by atoms with Gasteiger partial charge in [-0.25, -0.2) is 4.98 Å². The van der Waals surface area contributed by atoms with E-state index in [2.05, 4.69) is 10.3 Å². The summed E-state index contributed by atoms with van der Waals surface area (Å²) in [6.45, 7) is 1.93. The fraction of sp³-hybridized carbons (Fsp3) is 0.316. The third kappa shape index (κ3) is 4.37. The van der Waals surface area contributed by atoms with Crippen molar-refractivity contribution in [3.8, 4) is 0 Å². The summed E-state index contributed by atoms with van der Waals surface area (Å²) in [5.41, 5.74) is 2.09. The van der Waals surface area contributed by atoms with Gasteiger partial charge in [0.25, 0.3) is 0 Å². The molecule has 2 aromatic rings. The van der Waals surface area contributed by atoms with Gasteiger partial charge >= 0.3 is 0 Å². The number of rotatable bonds is 5. The molecule has 6 heteroatoms. The predicted molar refractivity (Wildman–Crippen MR) is 97.5 cm³/mol. The van der Waals surface area contributed by atoms with Crippen LogP contribution in [0.4, 0.5) is 5.82 Å². The van der Waals surface area contributed by atoms with Gasteiger partial charge in [-0.1, -0.05) is 23.7 Å². The molecular formula is C19H20ClN3O2. The Kier molecular flexibility index (Phi) is 5.04. The number of nitrogens with zero attached hydrogens (tertiary/aromatic N) is 2. The number of halogens is 1. The summed E-state index contributed by atoms with van der Waals surface area (Å²) in [6.07, 6.45) is 2.43. The lowest BCUT2D eigenvalue weighted by Gasteiger charge is -2.17. The van der Waals surface area contributed by atoms with Crippen LogP contribution < -0.4 is 5.32 Å². The maximum atomic E-state index is 12.5. The summed E-state index contributed by atoms with van der Waals surface area (Å²) >= 11 is 6.01. The van der Waals surface area contributed by atoms with E-state index in [4.69, 9.17) is 11.6 Å². The Morgan fingerprint density at radius 2 is 2.12 bits per heavy atom. The molecular weight excluding hydrogens is 338 g/mol. The highest BCUT2D eigenvalue weighted by Crippen LogP contribution is 2.48. The second-order valence-electron chi connectivity index (χ2n) is 6.46. The third-order valence-corrected chi connectivity index (χ3v) is 4.56. The van der Waals surface area contributed by atoms with Crippen molar-refractivity contribution in [1.29, 1.82) is 0 Å². The number of carbonyl (C=O) groups is 2. The largest absolute Gasteiger partial charge is 0.336 e. The van der Waals surface area contributed by atoms with Gasteiger partial charge in [0, 0.05) is 24.2 Å². The number of nitrogens with one attached hydrogen (secondary N) is 1. The molecule has 3 rings (SSSR count). The summed E-state index contributed by atoms with van der Waals surface area (Å²) in [5, 5.41) is 3.39. The summed E-state index contributed by atoms with van der Waals surface area (Å²) in [7, 11) is 1.65. The van der Waals surface area contributed by atoms with Crippen LogP contribution in [0.1, 0.15) is 23.5 Å². The molecule has 0 bridgehead atoms. The first-order chi connectivity index (χ1) is 11.9. The maximum Gasteiger partial charge on any atom is 0.245 e. The standard InChI is InChI=1S/C19H20ClN3O2/c1-12-6-7-21-17(8-12)22-18(24)11-23(2)19(25)16-10-15(16)13-4-3-5-14(20)9-13/h3-9,15-16H,10-11H2,1-2H3,(H,21,22,24). The van der Waals surface area contributed by atoms with Crippen LogP contribution in [-0.2, 0) is 9.59 Å². The van der Waals surface area contributed by atoms with E-state index in [9.17, 15) is 9.59 Å². The highest BCUT2D eigenvalue weighted by Gasteiger charge is 2.45. The molecule has 130 valence electrons. The summed E-state index contributed by atoms with van der Waals surface area (Å²) in [6, 6.07) is 11.2. The Bertz CT molecular complexity index is 809. The normalized spacial score (nSPS) is 18.5. The zero-order chi connectivity index (χ0) is 18.0. The number of hydrogen-bond donors (Lipinski definition) is 1. The lowest BCUT2D eigenvalue weighted by Crippen LogP contribution is -2.36. The minimum atomic E-state index is -0.256. The van der Waals surface area contributed by atoms with Gasteiger partial charge < -0.3 is 10.2 Å². The van der Waals surface area contributed by atoms with Gasteiger partial charge in [0.1, 0.15) is 5.82 Å². The first kappa shape index (κ1) is 17.4. The van der Waals surface area contributed by atoms with Crippen molar-refractivity contribution in [2.75, 3.05) is 18.9 Å². The average molecular weight is 358 g/mol. The smallest absolute Gasteiger partial charge is 0.245 e. The van der Waals surface area contributed by atoms with Crippen molar-refractivity contribution in [3.05, 3.63) is 58.7 Å². The minimum absolute atomic E-state index is 0.00716. The number of anilines is 1. The minimum Gasteiger partial charge on any atom is -0.336 e. The summed E-state index contributed by atoms with van der Waals surface area (Å²) < 4.78 is 0. The number of amides is 2. The van der Waals surface area contributed by atoms with Crippen molar-refractivity contribution in [3.63, 3.8) is 0 Å². The van der Waals surface area contributed by atoms with Crippen molar-refractivity contribution >= 4 is 29.2 Å². The maximum absolute atomic E-state index is 12.5. The topological polar surface area (TPSA) is 62.3 Å². The van der Waals surface area contributed by atoms with Gasteiger partial charge in [0.05, 0.1) is 6.54 Å². The monoisotopic (exact) mass is 357 g/mol. The third-order valence-electron chi connectivity index (χ3n) is 4.32. The van der Waals surface area contributed by atoms with Crippen LogP contribution in [0.5, 0.6) is 0 Å². The second kappa shape index (κ2) is 7.23. The number of pyridine rings is 1. The Morgan fingerprint density at radius 1 is 1.32 bits per heavy atom. The zero-order valence-electron chi connectivity index (χ0n) is 14.2. The van der Waals surface area contributed by atoms with Gasteiger partial charge in [-0.3, -0.25) is 9.59 Å². The molecule has 2 amide bonds. The molecule has 1 aliphatic carbocycles. The Balaban J connectivity index is 1.54. The molecule has 0 spiro atoms. The Labute approximate surface area is 152 Å². The van der Waals surface area contributed by atoms with Crippen molar-refractivity contribution in [1.82, 2.24) is 9.88 Å². The van der Waals surface area contributed by atoms with E-state index in [0.29, 0.717) is 10.8 Å². The number of carbonyl (C=O) groups excluding carboxylic acids is 2. The van der Waals surface area contributed by atoms with Crippen LogP contribution in [0.25, 0.3) is 0 Å². The molecule has 1 aromatic carbocycles. The van der Waals surface area contributed by atoms with E-state index in [-0.39, 0.29) is 30.2 Å². The molecule has 1 saturated carbocycles. The van der Waals surface area contributed by atoms with E-state index in [1.165, 1.54) is 4.90 Å². The summed E-state index contributed by atoms with van der Waals surface area (Å²) in [5.74, 6) is 0.337. The van der Waals surface area contributed by atoms with Crippen LogP contribution in [0.15, 0.2) is 42.6 Å². The van der Waals surface area contributed by atoms with Gasteiger partial charge in [0.2, 0.25) is 11.8 Å².